The molecule has 152 valence electrons. The van der Waals surface area contributed by atoms with Gasteiger partial charge >= 0.3 is 0 Å². The van der Waals surface area contributed by atoms with Gasteiger partial charge in [-0.05, 0) is 30.0 Å². The highest BCUT2D eigenvalue weighted by Gasteiger charge is 2.11. The fourth-order valence-corrected chi connectivity index (χ4v) is 3.84. The zero-order valence-corrected chi connectivity index (χ0v) is 17.5. The van der Waals surface area contributed by atoms with Crippen LogP contribution in [0, 0.1) is 0 Å². The Balaban J connectivity index is 1.42. The van der Waals surface area contributed by atoms with E-state index in [2.05, 4.69) is 29.0 Å². The van der Waals surface area contributed by atoms with Gasteiger partial charge in [-0.25, -0.2) is 4.98 Å². The summed E-state index contributed by atoms with van der Waals surface area (Å²) in [7, 11) is 0. The zero-order valence-electron chi connectivity index (χ0n) is 16.6. The van der Waals surface area contributed by atoms with E-state index >= 15 is 0 Å². The maximum Gasteiger partial charge on any atom is 0.230 e. The first-order valence-electron chi connectivity index (χ1n) is 9.87. The van der Waals surface area contributed by atoms with Crippen molar-refractivity contribution in [3.8, 4) is 5.75 Å². The maximum atomic E-state index is 12.3. The first kappa shape index (κ1) is 20.8. The second-order valence-corrected chi connectivity index (χ2v) is 8.31. The van der Waals surface area contributed by atoms with Gasteiger partial charge in [-0.2, -0.15) is 0 Å². The summed E-state index contributed by atoms with van der Waals surface area (Å²) in [5.74, 6) is 1.16. The maximum absolute atomic E-state index is 12.3. The summed E-state index contributed by atoms with van der Waals surface area (Å²) in [6, 6.07) is 7.75. The summed E-state index contributed by atoms with van der Waals surface area (Å²) in [4.78, 5) is 20.2. The third-order valence-corrected chi connectivity index (χ3v) is 5.81. The Morgan fingerprint density at radius 3 is 2.93 bits per heavy atom. The van der Waals surface area contributed by atoms with Crippen molar-refractivity contribution < 1.29 is 14.3 Å². The van der Waals surface area contributed by atoms with Crippen molar-refractivity contribution in [1.82, 2.24) is 9.88 Å². The van der Waals surface area contributed by atoms with Crippen LogP contribution >= 0.6 is 11.3 Å². The molecule has 1 N–H and O–H groups in total. The summed E-state index contributed by atoms with van der Waals surface area (Å²) in [5, 5.41) is 3.54. The fraction of sp³-hybridized carbons (Fsp3) is 0.524. The highest BCUT2D eigenvalue weighted by molar-refractivity contribution is 7.15. The molecule has 2 heterocycles. The highest BCUT2D eigenvalue weighted by Crippen LogP contribution is 2.25. The van der Waals surface area contributed by atoms with Crippen molar-refractivity contribution in [3.05, 3.63) is 40.9 Å². The van der Waals surface area contributed by atoms with E-state index in [4.69, 9.17) is 9.47 Å². The van der Waals surface area contributed by atoms with Crippen molar-refractivity contribution in [1.29, 1.82) is 0 Å². The van der Waals surface area contributed by atoms with Gasteiger partial charge in [-0.3, -0.25) is 9.69 Å². The molecule has 0 radical (unpaired) electrons. The molecule has 0 atom stereocenters. The van der Waals surface area contributed by atoms with Crippen LogP contribution in [-0.4, -0.2) is 55.2 Å². The van der Waals surface area contributed by atoms with E-state index in [1.165, 1.54) is 16.2 Å². The average molecular weight is 404 g/mol. The number of carbonyl (C=O) groups excluding carboxylic acids is 1. The minimum atomic E-state index is -0.0610. The number of amides is 1. The van der Waals surface area contributed by atoms with E-state index in [9.17, 15) is 4.79 Å². The number of carbonyl (C=O) groups is 1. The zero-order chi connectivity index (χ0) is 19.8. The number of anilines is 1. The molecule has 2 aromatic rings. The molecular formula is C21H29N3O3S. The Hall–Kier alpha value is -1.96. The first-order valence-corrected chi connectivity index (χ1v) is 10.7. The van der Waals surface area contributed by atoms with Crippen LogP contribution in [0.2, 0.25) is 0 Å². The number of ether oxygens (including phenoxy) is 2. The molecule has 7 heteroatoms. The molecule has 6 nitrogen and oxygen atoms in total. The first-order chi connectivity index (χ1) is 13.6. The molecule has 1 aromatic carbocycles. The van der Waals surface area contributed by atoms with Gasteiger partial charge in [0.05, 0.1) is 26.2 Å². The number of hydrogen-bond donors (Lipinski definition) is 1. The van der Waals surface area contributed by atoms with E-state index in [-0.39, 0.29) is 5.91 Å². The number of nitrogens with zero attached hydrogens (tertiary/aromatic N) is 2. The van der Waals surface area contributed by atoms with Gasteiger partial charge in [0.1, 0.15) is 5.75 Å². The van der Waals surface area contributed by atoms with Gasteiger partial charge in [0.15, 0.2) is 5.13 Å². The summed E-state index contributed by atoms with van der Waals surface area (Å²) in [6.45, 7) is 9.58. The number of hydrogen-bond acceptors (Lipinski definition) is 6. The predicted molar refractivity (Wildman–Crippen MR) is 112 cm³/mol. The van der Waals surface area contributed by atoms with Gasteiger partial charge in [0, 0.05) is 30.7 Å². The largest absolute Gasteiger partial charge is 0.494 e. The summed E-state index contributed by atoms with van der Waals surface area (Å²) >= 11 is 1.53. The molecule has 1 saturated heterocycles. The monoisotopic (exact) mass is 403 g/mol. The number of morpholine rings is 1. The number of nitrogens with one attached hydrogen (secondary N) is 1. The number of thiazole rings is 1. The summed E-state index contributed by atoms with van der Waals surface area (Å²) < 4.78 is 11.2. The van der Waals surface area contributed by atoms with Crippen LogP contribution < -0.4 is 10.1 Å². The molecule has 1 aromatic heterocycles. The Morgan fingerprint density at radius 2 is 2.18 bits per heavy atom. The van der Waals surface area contributed by atoms with Crippen molar-refractivity contribution in [2.45, 2.75) is 32.6 Å². The molecule has 1 fully saturated rings. The second-order valence-electron chi connectivity index (χ2n) is 7.25. The molecular weight excluding hydrogens is 374 g/mol. The molecule has 0 spiro atoms. The molecule has 0 saturated carbocycles. The molecule has 0 unspecified atom stereocenters. The van der Waals surface area contributed by atoms with Crippen molar-refractivity contribution in [2.75, 3.05) is 44.8 Å². The molecule has 1 aliphatic heterocycles. The standard InChI is InChI=1S/C21H29N3O3S/c1-16(2)19-15-22-21(28-19)23-20(25)14-17-5-3-6-18(13-17)27-10-4-7-24-8-11-26-12-9-24/h3,5-6,13,15-16H,4,7-12,14H2,1-2H3,(H,22,23,25). The van der Waals surface area contributed by atoms with Crippen molar-refractivity contribution in [3.63, 3.8) is 0 Å². The van der Waals surface area contributed by atoms with E-state index in [1.807, 2.05) is 30.5 Å². The van der Waals surface area contributed by atoms with E-state index < -0.39 is 0 Å². The lowest BCUT2D eigenvalue weighted by Crippen LogP contribution is -2.37. The minimum absolute atomic E-state index is 0.0610. The lowest BCUT2D eigenvalue weighted by molar-refractivity contribution is -0.115. The van der Waals surface area contributed by atoms with Crippen molar-refractivity contribution in [2.24, 2.45) is 0 Å². The normalized spacial score (nSPS) is 15.0. The third kappa shape index (κ3) is 6.58. The Labute approximate surface area is 170 Å². The van der Waals surface area contributed by atoms with Gasteiger partial charge in [0.25, 0.3) is 0 Å². The van der Waals surface area contributed by atoms with Gasteiger partial charge in [-0.15, -0.1) is 11.3 Å². The van der Waals surface area contributed by atoms with E-state index in [0.29, 0.717) is 24.1 Å². The van der Waals surface area contributed by atoms with Crippen LogP contribution in [0.5, 0.6) is 5.75 Å². The van der Waals surface area contributed by atoms with E-state index in [1.54, 1.807) is 0 Å². The molecule has 28 heavy (non-hydrogen) atoms. The topological polar surface area (TPSA) is 63.7 Å². The average Bonchev–Trinajstić information content (AvgIpc) is 3.15. The highest BCUT2D eigenvalue weighted by atomic mass is 32.1. The van der Waals surface area contributed by atoms with Crippen LogP contribution in [0.15, 0.2) is 30.5 Å². The molecule has 0 bridgehead atoms. The summed E-state index contributed by atoms with van der Waals surface area (Å²) in [5.41, 5.74) is 0.934. The van der Waals surface area contributed by atoms with E-state index in [0.717, 1.165) is 50.6 Å². The predicted octanol–water partition coefficient (Wildman–Crippen LogP) is 3.55. The second kappa shape index (κ2) is 10.5. The van der Waals surface area contributed by atoms with Crippen LogP contribution in [0.3, 0.4) is 0 Å². The Bertz CT molecular complexity index is 757. The lowest BCUT2D eigenvalue weighted by Gasteiger charge is -2.26. The lowest BCUT2D eigenvalue weighted by atomic mass is 10.1. The smallest absolute Gasteiger partial charge is 0.230 e. The van der Waals surface area contributed by atoms with Crippen LogP contribution in [0.25, 0.3) is 0 Å². The molecule has 0 aliphatic carbocycles. The number of aromatic nitrogens is 1. The SMILES string of the molecule is CC(C)c1cnc(NC(=O)Cc2cccc(OCCCN3CCOCC3)c2)s1. The van der Waals surface area contributed by atoms with Gasteiger partial charge in [0.2, 0.25) is 5.91 Å². The summed E-state index contributed by atoms with van der Waals surface area (Å²) in [6.07, 6.45) is 3.12. The number of rotatable bonds is 9. The molecule has 1 aliphatic rings. The van der Waals surface area contributed by atoms with Crippen LogP contribution in [0.4, 0.5) is 5.13 Å². The molecule has 3 rings (SSSR count). The number of benzene rings is 1. The third-order valence-electron chi connectivity index (χ3n) is 4.59. The Morgan fingerprint density at radius 1 is 1.36 bits per heavy atom. The minimum Gasteiger partial charge on any atom is -0.494 e. The van der Waals surface area contributed by atoms with Crippen LogP contribution in [-0.2, 0) is 16.0 Å². The Kier molecular flexibility index (Phi) is 7.82. The van der Waals surface area contributed by atoms with Gasteiger partial charge < -0.3 is 14.8 Å². The van der Waals surface area contributed by atoms with Crippen molar-refractivity contribution >= 4 is 22.4 Å². The van der Waals surface area contributed by atoms with Crippen LogP contribution in [0.1, 0.15) is 36.6 Å². The fourth-order valence-electron chi connectivity index (χ4n) is 3.01. The molecule has 1 amide bonds. The van der Waals surface area contributed by atoms with Gasteiger partial charge in [-0.1, -0.05) is 26.0 Å². The quantitative estimate of drug-likeness (QED) is 0.649.